The van der Waals surface area contributed by atoms with Crippen molar-refractivity contribution >= 4 is 10.9 Å². The van der Waals surface area contributed by atoms with Crippen LogP contribution in [0.25, 0.3) is 16.6 Å². The quantitative estimate of drug-likeness (QED) is 0.687. The minimum absolute atomic E-state index is 0.217. The van der Waals surface area contributed by atoms with Crippen LogP contribution in [-0.4, -0.2) is 20.0 Å². The lowest BCUT2D eigenvalue weighted by Gasteiger charge is -2.03. The van der Waals surface area contributed by atoms with Crippen LogP contribution in [0.3, 0.4) is 0 Å². The number of nitrogens with zero attached hydrogens (tertiary/aromatic N) is 2. The molecule has 0 unspecified atom stereocenters. The van der Waals surface area contributed by atoms with Crippen molar-refractivity contribution < 1.29 is 10.2 Å². The van der Waals surface area contributed by atoms with Crippen LogP contribution in [0.15, 0.2) is 42.5 Å². The van der Waals surface area contributed by atoms with Gasteiger partial charge in [0.15, 0.2) is 0 Å². The molecule has 90 valence electrons. The molecule has 0 spiro atoms. The Morgan fingerprint density at radius 2 is 1.72 bits per heavy atom. The van der Waals surface area contributed by atoms with Crippen molar-refractivity contribution in [3.63, 3.8) is 0 Å². The van der Waals surface area contributed by atoms with Crippen molar-refractivity contribution in [2.75, 3.05) is 0 Å². The second-order valence-corrected chi connectivity index (χ2v) is 4.18. The first-order chi connectivity index (χ1) is 8.66. The van der Waals surface area contributed by atoms with Gasteiger partial charge in [-0.2, -0.15) is 5.10 Å². The Balaban J connectivity index is 2.30. The minimum atomic E-state index is 0.217. The predicted octanol–water partition coefficient (Wildman–Crippen LogP) is 2.75. The molecule has 1 heterocycles. The Hall–Kier alpha value is -2.49. The van der Waals surface area contributed by atoms with E-state index in [0.29, 0.717) is 0 Å². The van der Waals surface area contributed by atoms with E-state index in [1.165, 1.54) is 0 Å². The van der Waals surface area contributed by atoms with Crippen LogP contribution in [-0.2, 0) is 0 Å². The number of benzene rings is 2. The fourth-order valence-corrected chi connectivity index (χ4v) is 2.12. The first-order valence-electron chi connectivity index (χ1n) is 5.63. The van der Waals surface area contributed by atoms with E-state index in [2.05, 4.69) is 5.10 Å². The first-order valence-corrected chi connectivity index (χ1v) is 5.63. The van der Waals surface area contributed by atoms with E-state index in [4.69, 9.17) is 0 Å². The molecule has 0 atom stereocenters. The number of rotatable bonds is 1. The lowest BCUT2D eigenvalue weighted by atomic mass is 10.2. The van der Waals surface area contributed by atoms with E-state index in [1.807, 2.05) is 13.0 Å². The van der Waals surface area contributed by atoms with Crippen LogP contribution in [0.1, 0.15) is 5.69 Å². The molecular formula is C14H12N2O2. The van der Waals surface area contributed by atoms with Crippen LogP contribution >= 0.6 is 0 Å². The molecule has 0 saturated carbocycles. The van der Waals surface area contributed by atoms with E-state index in [0.717, 1.165) is 22.3 Å². The Morgan fingerprint density at radius 1 is 1.00 bits per heavy atom. The molecule has 4 nitrogen and oxygen atoms in total. The maximum atomic E-state index is 9.86. The Morgan fingerprint density at radius 3 is 2.44 bits per heavy atom. The summed E-state index contributed by atoms with van der Waals surface area (Å²) in [4.78, 5) is 0. The highest BCUT2D eigenvalue weighted by molar-refractivity contribution is 5.88. The molecule has 2 aromatic carbocycles. The lowest BCUT2D eigenvalue weighted by Crippen LogP contribution is -1.95. The highest BCUT2D eigenvalue weighted by atomic mass is 16.3. The molecule has 3 rings (SSSR count). The number of fused-ring (bicyclic) bond motifs is 1. The lowest BCUT2D eigenvalue weighted by molar-refractivity contribution is 0.475. The van der Waals surface area contributed by atoms with Crippen molar-refractivity contribution in [1.82, 2.24) is 9.78 Å². The molecule has 3 aromatic rings. The zero-order valence-electron chi connectivity index (χ0n) is 9.83. The fourth-order valence-electron chi connectivity index (χ4n) is 2.12. The van der Waals surface area contributed by atoms with Gasteiger partial charge in [-0.25, -0.2) is 4.68 Å². The number of phenols is 2. The van der Waals surface area contributed by atoms with Crippen LogP contribution in [0, 0.1) is 6.92 Å². The third-order valence-corrected chi connectivity index (χ3v) is 2.95. The van der Waals surface area contributed by atoms with Gasteiger partial charge < -0.3 is 10.2 Å². The summed E-state index contributed by atoms with van der Waals surface area (Å²) in [7, 11) is 0. The minimum Gasteiger partial charge on any atom is -0.508 e. The van der Waals surface area contributed by atoms with Gasteiger partial charge in [0, 0.05) is 0 Å². The highest BCUT2D eigenvalue weighted by Crippen LogP contribution is 2.29. The van der Waals surface area contributed by atoms with E-state index in [-0.39, 0.29) is 11.5 Å². The van der Waals surface area contributed by atoms with Gasteiger partial charge in [-0.15, -0.1) is 0 Å². The highest BCUT2D eigenvalue weighted by Gasteiger charge is 2.11. The SMILES string of the molecule is Cc1nn(-c2ccc(O)cc2)c2cccc(O)c12. The average molecular weight is 240 g/mol. The molecule has 0 fully saturated rings. The number of aromatic hydroxyl groups is 2. The second kappa shape index (κ2) is 3.77. The molecule has 1 aromatic heterocycles. The number of aromatic nitrogens is 2. The fraction of sp³-hybridized carbons (Fsp3) is 0.0714. The molecule has 4 heteroatoms. The van der Waals surface area contributed by atoms with Gasteiger partial charge in [0.25, 0.3) is 0 Å². The molecule has 2 N–H and O–H groups in total. The molecule has 0 radical (unpaired) electrons. The van der Waals surface area contributed by atoms with Gasteiger partial charge in [-0.05, 0) is 43.3 Å². The molecule has 0 aliphatic rings. The Kier molecular flexibility index (Phi) is 2.23. The summed E-state index contributed by atoms with van der Waals surface area (Å²) in [5, 5.41) is 24.3. The van der Waals surface area contributed by atoms with Crippen molar-refractivity contribution in [2.45, 2.75) is 6.92 Å². The van der Waals surface area contributed by atoms with Gasteiger partial charge in [-0.3, -0.25) is 0 Å². The molecular weight excluding hydrogens is 228 g/mol. The van der Waals surface area contributed by atoms with Gasteiger partial charge in [0.05, 0.1) is 22.3 Å². The van der Waals surface area contributed by atoms with E-state index in [9.17, 15) is 10.2 Å². The van der Waals surface area contributed by atoms with E-state index >= 15 is 0 Å². The molecule has 0 amide bonds. The van der Waals surface area contributed by atoms with E-state index in [1.54, 1.807) is 41.1 Å². The summed E-state index contributed by atoms with van der Waals surface area (Å²) < 4.78 is 1.75. The monoisotopic (exact) mass is 240 g/mol. The van der Waals surface area contributed by atoms with Crippen LogP contribution in [0.2, 0.25) is 0 Å². The van der Waals surface area contributed by atoms with Crippen molar-refractivity contribution in [3.8, 4) is 17.2 Å². The van der Waals surface area contributed by atoms with Gasteiger partial charge >= 0.3 is 0 Å². The standard InChI is InChI=1S/C14H12N2O2/c1-9-14-12(3-2-4-13(14)18)16(15-9)10-5-7-11(17)8-6-10/h2-8,17-18H,1H3. The third kappa shape index (κ3) is 1.50. The maximum Gasteiger partial charge on any atom is 0.126 e. The second-order valence-electron chi connectivity index (χ2n) is 4.18. The van der Waals surface area contributed by atoms with Crippen molar-refractivity contribution in [1.29, 1.82) is 0 Å². The summed E-state index contributed by atoms with van der Waals surface area (Å²) in [6, 6.07) is 12.1. The molecule has 0 bridgehead atoms. The predicted molar refractivity (Wildman–Crippen MR) is 69.1 cm³/mol. The zero-order valence-corrected chi connectivity index (χ0v) is 9.83. The smallest absolute Gasteiger partial charge is 0.126 e. The van der Waals surface area contributed by atoms with Crippen molar-refractivity contribution in [3.05, 3.63) is 48.2 Å². The summed E-state index contributed by atoms with van der Waals surface area (Å²) in [5.74, 6) is 0.449. The topological polar surface area (TPSA) is 58.3 Å². The number of phenolic OH excluding ortho intramolecular Hbond substituents is 2. The largest absolute Gasteiger partial charge is 0.508 e. The van der Waals surface area contributed by atoms with Crippen LogP contribution in [0.4, 0.5) is 0 Å². The van der Waals surface area contributed by atoms with Gasteiger partial charge in [-0.1, -0.05) is 6.07 Å². The van der Waals surface area contributed by atoms with Crippen molar-refractivity contribution in [2.24, 2.45) is 0 Å². The summed E-state index contributed by atoms with van der Waals surface area (Å²) in [5.41, 5.74) is 2.46. The first kappa shape index (κ1) is 10.7. The normalized spacial score (nSPS) is 10.9. The van der Waals surface area contributed by atoms with Crippen LogP contribution < -0.4 is 0 Å². The van der Waals surface area contributed by atoms with Gasteiger partial charge in [0.2, 0.25) is 0 Å². The Bertz CT molecular complexity index is 714. The molecule has 0 saturated heterocycles. The van der Waals surface area contributed by atoms with Crippen LogP contribution in [0.5, 0.6) is 11.5 Å². The Labute approximate surface area is 104 Å². The maximum absolute atomic E-state index is 9.86. The molecule has 0 aliphatic carbocycles. The third-order valence-electron chi connectivity index (χ3n) is 2.95. The molecule has 18 heavy (non-hydrogen) atoms. The van der Waals surface area contributed by atoms with Gasteiger partial charge in [0.1, 0.15) is 11.5 Å². The summed E-state index contributed by atoms with van der Waals surface area (Å²) in [6.07, 6.45) is 0. The van der Waals surface area contributed by atoms with E-state index < -0.39 is 0 Å². The number of hydrogen-bond donors (Lipinski definition) is 2. The summed E-state index contributed by atoms with van der Waals surface area (Å²) in [6.45, 7) is 1.86. The average Bonchev–Trinajstić information content (AvgIpc) is 2.69. The molecule has 0 aliphatic heterocycles. The summed E-state index contributed by atoms with van der Waals surface area (Å²) >= 11 is 0. The number of hydrogen-bond acceptors (Lipinski definition) is 3. The zero-order chi connectivity index (χ0) is 12.7. The number of aryl methyl sites for hydroxylation is 1.